The predicted octanol–water partition coefficient (Wildman–Crippen LogP) is 4.47. The summed E-state index contributed by atoms with van der Waals surface area (Å²) in [6, 6.07) is 11.2. The number of nitrogens with zero attached hydrogens (tertiary/aromatic N) is 1. The van der Waals surface area contributed by atoms with Gasteiger partial charge in [-0.2, -0.15) is 0 Å². The normalized spacial score (nSPS) is 11.4. The third-order valence-corrected chi connectivity index (χ3v) is 5.71. The molecule has 0 unspecified atom stereocenters. The van der Waals surface area contributed by atoms with Crippen LogP contribution in [0.2, 0.25) is 15.1 Å². The van der Waals surface area contributed by atoms with Gasteiger partial charge in [-0.1, -0.05) is 53.0 Å². The zero-order valence-electron chi connectivity index (χ0n) is 10.3. The molecule has 7 heteroatoms. The van der Waals surface area contributed by atoms with Crippen molar-refractivity contribution in [3.8, 4) is 0 Å². The maximum absolute atomic E-state index is 12.6. The Morgan fingerprint density at radius 2 is 1.45 bits per heavy atom. The molecule has 0 heterocycles. The van der Waals surface area contributed by atoms with Gasteiger partial charge in [0.15, 0.2) is 0 Å². The monoisotopic (exact) mass is 349 g/mol. The Kier molecular flexibility index (Phi) is 4.49. The van der Waals surface area contributed by atoms with Crippen molar-refractivity contribution >= 4 is 50.5 Å². The zero-order valence-corrected chi connectivity index (χ0v) is 13.4. The van der Waals surface area contributed by atoms with Crippen LogP contribution in [0.25, 0.3) is 0 Å². The van der Waals surface area contributed by atoms with Crippen LogP contribution in [0, 0.1) is 0 Å². The van der Waals surface area contributed by atoms with E-state index in [9.17, 15) is 8.42 Å². The highest BCUT2D eigenvalue weighted by Crippen LogP contribution is 2.33. The SMILES string of the molecule is CN(c1ccccc1)S(=O)(=O)c1cc(Cl)c(Cl)cc1Cl. The largest absolute Gasteiger partial charge is 0.269 e. The second-order valence-electron chi connectivity index (χ2n) is 4.00. The van der Waals surface area contributed by atoms with Crippen molar-refractivity contribution in [3.63, 3.8) is 0 Å². The van der Waals surface area contributed by atoms with E-state index >= 15 is 0 Å². The lowest BCUT2D eigenvalue weighted by atomic mass is 10.3. The van der Waals surface area contributed by atoms with E-state index in [1.54, 1.807) is 30.3 Å². The van der Waals surface area contributed by atoms with Crippen LogP contribution in [0.15, 0.2) is 47.4 Å². The molecule has 2 aromatic rings. The predicted molar refractivity (Wildman–Crippen MR) is 83.5 cm³/mol. The fourth-order valence-electron chi connectivity index (χ4n) is 1.63. The molecule has 106 valence electrons. The standard InChI is InChI=1S/C13H10Cl3NO2S/c1-17(9-5-3-2-4-6-9)20(18,19)13-8-11(15)10(14)7-12(13)16/h2-8H,1H3. The molecular formula is C13H10Cl3NO2S. The van der Waals surface area contributed by atoms with Crippen LogP contribution in [0.5, 0.6) is 0 Å². The van der Waals surface area contributed by atoms with Gasteiger partial charge in [0.1, 0.15) is 4.90 Å². The molecule has 2 aromatic carbocycles. The molecule has 0 saturated heterocycles. The first-order chi connectivity index (χ1) is 9.34. The summed E-state index contributed by atoms with van der Waals surface area (Å²) in [5, 5.41) is 0.372. The number of para-hydroxylation sites is 1. The number of hydrogen-bond donors (Lipinski definition) is 0. The van der Waals surface area contributed by atoms with Crippen LogP contribution < -0.4 is 4.31 Å². The topological polar surface area (TPSA) is 37.4 Å². The Morgan fingerprint density at radius 1 is 0.900 bits per heavy atom. The lowest BCUT2D eigenvalue weighted by molar-refractivity contribution is 0.594. The maximum Gasteiger partial charge on any atom is 0.265 e. The van der Waals surface area contributed by atoms with E-state index in [2.05, 4.69) is 0 Å². The molecule has 0 atom stereocenters. The summed E-state index contributed by atoms with van der Waals surface area (Å²) in [7, 11) is -2.36. The minimum atomic E-state index is -3.80. The van der Waals surface area contributed by atoms with E-state index in [4.69, 9.17) is 34.8 Å². The Hall–Kier alpha value is -0.940. The molecule has 0 fully saturated rings. The molecule has 0 aliphatic heterocycles. The summed E-state index contributed by atoms with van der Waals surface area (Å²) in [5.41, 5.74) is 0.523. The second kappa shape index (κ2) is 5.82. The Morgan fingerprint density at radius 3 is 2.05 bits per heavy atom. The summed E-state index contributed by atoms with van der Waals surface area (Å²) >= 11 is 17.6. The van der Waals surface area contributed by atoms with Crippen LogP contribution in [-0.2, 0) is 10.0 Å². The Balaban J connectivity index is 2.54. The van der Waals surface area contributed by atoms with Crippen molar-refractivity contribution in [1.82, 2.24) is 0 Å². The molecular weight excluding hydrogens is 341 g/mol. The maximum atomic E-state index is 12.6. The van der Waals surface area contributed by atoms with Crippen molar-refractivity contribution in [3.05, 3.63) is 57.5 Å². The van der Waals surface area contributed by atoms with Crippen molar-refractivity contribution in [2.45, 2.75) is 4.90 Å². The molecule has 0 aromatic heterocycles. The van der Waals surface area contributed by atoms with Crippen molar-refractivity contribution < 1.29 is 8.42 Å². The first kappa shape index (κ1) is 15.4. The van der Waals surface area contributed by atoms with Crippen LogP contribution in [0.4, 0.5) is 5.69 Å². The van der Waals surface area contributed by atoms with Gasteiger partial charge in [-0.15, -0.1) is 0 Å². The second-order valence-corrected chi connectivity index (χ2v) is 7.16. The molecule has 0 bridgehead atoms. The summed E-state index contributed by atoms with van der Waals surface area (Å²) in [5.74, 6) is 0. The van der Waals surface area contributed by atoms with Crippen LogP contribution in [0.1, 0.15) is 0 Å². The first-order valence-corrected chi connectivity index (χ1v) is 8.10. The molecule has 0 radical (unpaired) electrons. The number of sulfonamides is 1. The molecule has 3 nitrogen and oxygen atoms in total. The van der Waals surface area contributed by atoms with Gasteiger partial charge < -0.3 is 0 Å². The highest BCUT2D eigenvalue weighted by Gasteiger charge is 2.25. The van der Waals surface area contributed by atoms with E-state index in [0.717, 1.165) is 4.31 Å². The van der Waals surface area contributed by atoms with E-state index in [1.807, 2.05) is 0 Å². The van der Waals surface area contributed by atoms with Gasteiger partial charge >= 0.3 is 0 Å². The minimum absolute atomic E-state index is 0.0298. The summed E-state index contributed by atoms with van der Waals surface area (Å²) in [6.45, 7) is 0. The smallest absolute Gasteiger partial charge is 0.265 e. The van der Waals surface area contributed by atoms with Crippen molar-refractivity contribution in [1.29, 1.82) is 0 Å². The van der Waals surface area contributed by atoms with Crippen LogP contribution in [0.3, 0.4) is 0 Å². The number of rotatable bonds is 3. The van der Waals surface area contributed by atoms with Gasteiger partial charge in [-0.05, 0) is 24.3 Å². The minimum Gasteiger partial charge on any atom is -0.269 e. The highest BCUT2D eigenvalue weighted by atomic mass is 35.5. The molecule has 0 amide bonds. The molecule has 0 N–H and O–H groups in total. The number of benzene rings is 2. The van der Waals surface area contributed by atoms with Gasteiger partial charge in [0.25, 0.3) is 10.0 Å². The molecule has 0 saturated carbocycles. The third kappa shape index (κ3) is 2.88. The third-order valence-electron chi connectivity index (χ3n) is 2.73. The van der Waals surface area contributed by atoms with Crippen LogP contribution in [-0.4, -0.2) is 15.5 Å². The van der Waals surface area contributed by atoms with Gasteiger partial charge in [0.05, 0.1) is 20.8 Å². The van der Waals surface area contributed by atoms with E-state index in [1.165, 1.54) is 19.2 Å². The number of hydrogen-bond acceptors (Lipinski definition) is 2. The van der Waals surface area contributed by atoms with Crippen LogP contribution >= 0.6 is 34.8 Å². The fourth-order valence-corrected chi connectivity index (χ4v) is 3.80. The molecule has 0 aliphatic carbocycles. The number of anilines is 1. The lowest BCUT2D eigenvalue weighted by Gasteiger charge is -2.20. The van der Waals surface area contributed by atoms with E-state index in [0.29, 0.717) is 5.69 Å². The fraction of sp³-hybridized carbons (Fsp3) is 0.0769. The zero-order chi connectivity index (χ0) is 14.9. The lowest BCUT2D eigenvalue weighted by Crippen LogP contribution is -2.26. The average molecular weight is 351 g/mol. The number of halogens is 3. The van der Waals surface area contributed by atoms with E-state index in [-0.39, 0.29) is 20.0 Å². The van der Waals surface area contributed by atoms with Gasteiger partial charge in [-0.3, -0.25) is 4.31 Å². The molecule has 0 aliphatic rings. The van der Waals surface area contributed by atoms with Crippen molar-refractivity contribution in [2.24, 2.45) is 0 Å². The van der Waals surface area contributed by atoms with Gasteiger partial charge in [0, 0.05) is 7.05 Å². The molecule has 2 rings (SSSR count). The molecule has 20 heavy (non-hydrogen) atoms. The van der Waals surface area contributed by atoms with E-state index < -0.39 is 10.0 Å². The highest BCUT2D eigenvalue weighted by molar-refractivity contribution is 7.93. The Labute approximate surface area is 132 Å². The quantitative estimate of drug-likeness (QED) is 0.766. The summed E-state index contributed by atoms with van der Waals surface area (Å²) < 4.78 is 26.3. The van der Waals surface area contributed by atoms with Crippen molar-refractivity contribution in [2.75, 3.05) is 11.4 Å². The van der Waals surface area contributed by atoms with Gasteiger partial charge in [0.2, 0.25) is 0 Å². The Bertz CT molecular complexity index is 733. The molecule has 0 spiro atoms. The van der Waals surface area contributed by atoms with Gasteiger partial charge in [-0.25, -0.2) is 8.42 Å². The first-order valence-electron chi connectivity index (χ1n) is 5.52. The summed E-state index contributed by atoms with van der Waals surface area (Å²) in [6.07, 6.45) is 0. The average Bonchev–Trinajstić information content (AvgIpc) is 2.42. The summed E-state index contributed by atoms with van der Waals surface area (Å²) in [4.78, 5) is -0.0834.